The molecule has 1 saturated carbocycles. The number of hydrogen-bond acceptors (Lipinski definition) is 5. The molecular weight excluding hydrogens is 332 g/mol. The molecule has 1 aromatic rings. The SMILES string of the molecule is O=C(CN1CCN(c2ccccc2O)CC1)NC(=O)NC1CCCCC1. The molecular formula is C19H28N4O3. The maximum atomic E-state index is 12.1. The van der Waals surface area contributed by atoms with Gasteiger partial charge in [-0.3, -0.25) is 15.0 Å². The van der Waals surface area contributed by atoms with Crippen molar-refractivity contribution in [3.63, 3.8) is 0 Å². The number of urea groups is 1. The topological polar surface area (TPSA) is 84.9 Å². The number of nitrogens with zero attached hydrogens (tertiary/aromatic N) is 2. The first-order valence-corrected chi connectivity index (χ1v) is 9.47. The molecule has 142 valence electrons. The molecule has 26 heavy (non-hydrogen) atoms. The van der Waals surface area contributed by atoms with Gasteiger partial charge in [-0.05, 0) is 25.0 Å². The third-order valence-electron chi connectivity index (χ3n) is 5.16. The van der Waals surface area contributed by atoms with E-state index in [-0.39, 0.29) is 30.3 Å². The number of piperazine rings is 1. The smallest absolute Gasteiger partial charge is 0.321 e. The van der Waals surface area contributed by atoms with E-state index in [1.807, 2.05) is 17.0 Å². The lowest BCUT2D eigenvalue weighted by molar-refractivity contribution is -0.121. The van der Waals surface area contributed by atoms with E-state index in [0.29, 0.717) is 13.1 Å². The van der Waals surface area contributed by atoms with Crippen molar-refractivity contribution >= 4 is 17.6 Å². The van der Waals surface area contributed by atoms with Crippen molar-refractivity contribution in [2.24, 2.45) is 0 Å². The zero-order chi connectivity index (χ0) is 18.4. The maximum absolute atomic E-state index is 12.1. The third kappa shape index (κ3) is 5.11. The summed E-state index contributed by atoms with van der Waals surface area (Å²) in [5, 5.41) is 15.3. The number of carbonyl (C=O) groups is 2. The Morgan fingerprint density at radius 1 is 1.04 bits per heavy atom. The van der Waals surface area contributed by atoms with Gasteiger partial charge in [0.2, 0.25) is 5.91 Å². The van der Waals surface area contributed by atoms with Crippen molar-refractivity contribution in [1.29, 1.82) is 0 Å². The summed E-state index contributed by atoms with van der Waals surface area (Å²) in [5.41, 5.74) is 0.823. The minimum Gasteiger partial charge on any atom is -0.506 e. The van der Waals surface area contributed by atoms with E-state index in [0.717, 1.165) is 44.5 Å². The van der Waals surface area contributed by atoms with E-state index in [2.05, 4.69) is 15.5 Å². The largest absolute Gasteiger partial charge is 0.506 e. The molecule has 1 aromatic carbocycles. The van der Waals surface area contributed by atoms with Crippen LogP contribution in [0.25, 0.3) is 0 Å². The Morgan fingerprint density at radius 2 is 1.73 bits per heavy atom. The minimum atomic E-state index is -0.380. The fourth-order valence-corrected chi connectivity index (χ4v) is 3.72. The molecule has 2 fully saturated rings. The van der Waals surface area contributed by atoms with Crippen LogP contribution in [-0.2, 0) is 4.79 Å². The predicted octanol–water partition coefficient (Wildman–Crippen LogP) is 1.67. The van der Waals surface area contributed by atoms with Crippen LogP contribution < -0.4 is 15.5 Å². The van der Waals surface area contributed by atoms with Crippen LogP contribution in [-0.4, -0.2) is 60.7 Å². The van der Waals surface area contributed by atoms with Gasteiger partial charge in [-0.25, -0.2) is 4.79 Å². The van der Waals surface area contributed by atoms with E-state index in [1.165, 1.54) is 6.42 Å². The first-order valence-electron chi connectivity index (χ1n) is 9.47. The Morgan fingerprint density at radius 3 is 2.42 bits per heavy atom. The average Bonchev–Trinajstić information content (AvgIpc) is 2.63. The summed E-state index contributed by atoms with van der Waals surface area (Å²) in [6, 6.07) is 7.10. The summed E-state index contributed by atoms with van der Waals surface area (Å²) < 4.78 is 0. The van der Waals surface area contributed by atoms with Crippen molar-refractivity contribution < 1.29 is 14.7 Å². The first kappa shape index (κ1) is 18.5. The molecule has 3 N–H and O–H groups in total. The van der Waals surface area contributed by atoms with Gasteiger partial charge in [0.15, 0.2) is 0 Å². The number of phenolic OH excluding ortho intramolecular Hbond substituents is 1. The molecule has 0 radical (unpaired) electrons. The zero-order valence-electron chi connectivity index (χ0n) is 15.1. The number of imide groups is 1. The molecule has 2 aliphatic rings. The average molecular weight is 360 g/mol. The van der Waals surface area contributed by atoms with Crippen molar-refractivity contribution in [3.8, 4) is 5.75 Å². The van der Waals surface area contributed by atoms with Crippen LogP contribution >= 0.6 is 0 Å². The Balaban J connectivity index is 1.39. The lowest BCUT2D eigenvalue weighted by atomic mass is 9.96. The number of rotatable bonds is 4. The van der Waals surface area contributed by atoms with Gasteiger partial charge in [-0.2, -0.15) is 0 Å². The zero-order valence-corrected chi connectivity index (χ0v) is 15.1. The molecule has 1 aliphatic carbocycles. The number of benzene rings is 1. The number of amides is 3. The third-order valence-corrected chi connectivity index (χ3v) is 5.16. The van der Waals surface area contributed by atoms with Gasteiger partial charge in [-0.1, -0.05) is 31.4 Å². The normalized spacial score (nSPS) is 19.2. The molecule has 0 atom stereocenters. The molecule has 7 nitrogen and oxygen atoms in total. The van der Waals surface area contributed by atoms with Crippen LogP contribution in [0.15, 0.2) is 24.3 Å². The second-order valence-electron chi connectivity index (χ2n) is 7.11. The highest BCUT2D eigenvalue weighted by atomic mass is 16.3. The van der Waals surface area contributed by atoms with E-state index < -0.39 is 0 Å². The van der Waals surface area contributed by atoms with Gasteiger partial charge in [0.05, 0.1) is 12.2 Å². The van der Waals surface area contributed by atoms with E-state index in [9.17, 15) is 14.7 Å². The summed E-state index contributed by atoms with van der Waals surface area (Å²) in [6.07, 6.45) is 5.50. The highest BCUT2D eigenvalue weighted by molar-refractivity contribution is 5.95. The van der Waals surface area contributed by atoms with Crippen molar-refractivity contribution in [3.05, 3.63) is 24.3 Å². The first-order chi connectivity index (χ1) is 12.6. The molecule has 0 unspecified atom stereocenters. The molecule has 3 amide bonds. The Labute approximate surface area is 154 Å². The molecule has 1 aliphatic heterocycles. The number of aromatic hydroxyl groups is 1. The Kier molecular flexibility index (Phi) is 6.33. The summed E-state index contributed by atoms with van der Waals surface area (Å²) in [4.78, 5) is 28.2. The van der Waals surface area contributed by atoms with Gasteiger partial charge in [0.25, 0.3) is 0 Å². The molecule has 0 bridgehead atoms. The molecule has 0 aromatic heterocycles. The number of nitrogens with one attached hydrogen (secondary N) is 2. The van der Waals surface area contributed by atoms with Crippen LogP contribution in [0, 0.1) is 0 Å². The van der Waals surface area contributed by atoms with Crippen LogP contribution in [0.3, 0.4) is 0 Å². The number of hydrogen-bond donors (Lipinski definition) is 3. The summed E-state index contributed by atoms with van der Waals surface area (Å²) in [6.45, 7) is 3.11. The van der Waals surface area contributed by atoms with Crippen LogP contribution in [0.1, 0.15) is 32.1 Å². The van der Waals surface area contributed by atoms with Gasteiger partial charge in [-0.15, -0.1) is 0 Å². The maximum Gasteiger partial charge on any atom is 0.321 e. The monoisotopic (exact) mass is 360 g/mol. The molecule has 1 heterocycles. The van der Waals surface area contributed by atoms with Crippen molar-refractivity contribution in [2.75, 3.05) is 37.6 Å². The second-order valence-corrected chi connectivity index (χ2v) is 7.11. The van der Waals surface area contributed by atoms with E-state index >= 15 is 0 Å². The number of carbonyl (C=O) groups excluding carboxylic acids is 2. The van der Waals surface area contributed by atoms with Crippen molar-refractivity contribution in [1.82, 2.24) is 15.5 Å². The van der Waals surface area contributed by atoms with E-state index in [1.54, 1.807) is 12.1 Å². The lowest BCUT2D eigenvalue weighted by Gasteiger charge is -2.35. The summed E-state index contributed by atoms with van der Waals surface area (Å²) in [5.74, 6) is 0.00685. The molecule has 0 spiro atoms. The van der Waals surface area contributed by atoms with Gasteiger partial charge < -0.3 is 15.3 Å². The van der Waals surface area contributed by atoms with Gasteiger partial charge in [0, 0.05) is 32.2 Å². The van der Waals surface area contributed by atoms with Crippen LogP contribution in [0.4, 0.5) is 10.5 Å². The molecule has 7 heteroatoms. The van der Waals surface area contributed by atoms with Gasteiger partial charge in [0.1, 0.15) is 5.75 Å². The number of anilines is 1. The fraction of sp³-hybridized carbons (Fsp3) is 0.579. The summed E-state index contributed by atoms with van der Waals surface area (Å²) >= 11 is 0. The highest BCUT2D eigenvalue weighted by Crippen LogP contribution is 2.27. The molecule has 1 saturated heterocycles. The fourth-order valence-electron chi connectivity index (χ4n) is 3.72. The number of para-hydroxylation sites is 2. The summed E-state index contributed by atoms with van der Waals surface area (Å²) in [7, 11) is 0. The minimum absolute atomic E-state index is 0.193. The Hall–Kier alpha value is -2.28. The molecule has 3 rings (SSSR count). The standard InChI is InChI=1S/C19H28N4O3/c24-17-9-5-4-8-16(17)23-12-10-22(11-13-23)14-18(25)21-19(26)20-15-6-2-1-3-7-15/h4-5,8-9,15,24H,1-3,6-7,10-14H2,(H2,20,21,25,26). The number of phenols is 1. The quantitative estimate of drug-likeness (QED) is 0.761. The second kappa shape index (κ2) is 8.89. The lowest BCUT2D eigenvalue weighted by Crippen LogP contribution is -2.52. The highest BCUT2D eigenvalue weighted by Gasteiger charge is 2.22. The predicted molar refractivity (Wildman–Crippen MR) is 100 cm³/mol. The van der Waals surface area contributed by atoms with Crippen LogP contribution in [0.2, 0.25) is 0 Å². The van der Waals surface area contributed by atoms with Gasteiger partial charge >= 0.3 is 6.03 Å². The Bertz CT molecular complexity index is 623. The van der Waals surface area contributed by atoms with Crippen molar-refractivity contribution in [2.45, 2.75) is 38.1 Å². The van der Waals surface area contributed by atoms with Crippen LogP contribution in [0.5, 0.6) is 5.75 Å². The van der Waals surface area contributed by atoms with E-state index in [4.69, 9.17) is 0 Å².